The first-order chi connectivity index (χ1) is 14.5. The minimum Gasteiger partial charge on any atom is -0.497 e. The second-order valence-corrected chi connectivity index (χ2v) is 8.59. The van der Waals surface area contributed by atoms with Crippen molar-refractivity contribution in [3.63, 3.8) is 0 Å². The highest BCUT2D eigenvalue weighted by Gasteiger charge is 2.43. The number of hydrogen-bond donors (Lipinski definition) is 0. The fourth-order valence-corrected chi connectivity index (χ4v) is 5.11. The van der Waals surface area contributed by atoms with Gasteiger partial charge in [-0.2, -0.15) is 0 Å². The van der Waals surface area contributed by atoms with E-state index >= 15 is 0 Å². The number of ether oxygens (including phenoxy) is 2. The van der Waals surface area contributed by atoms with Crippen molar-refractivity contribution < 1.29 is 19.1 Å². The standard InChI is InChI=1S/C23H26ClNO4S/c1-3-4-13-29-23(27)20-15-30-22(18-7-5-6-8-19(18)24)25(20)21(26)14-16-9-11-17(28-2)12-10-16/h5-12,20,22H,3-4,13-15H2,1-2H3. The van der Waals surface area contributed by atoms with Crippen molar-refractivity contribution in [1.29, 1.82) is 0 Å². The quantitative estimate of drug-likeness (QED) is 0.426. The molecule has 5 nitrogen and oxygen atoms in total. The molecule has 2 atom stereocenters. The predicted octanol–water partition coefficient (Wildman–Crippen LogP) is 4.88. The van der Waals surface area contributed by atoms with Crippen molar-refractivity contribution in [3.8, 4) is 5.75 Å². The van der Waals surface area contributed by atoms with Crippen molar-refractivity contribution in [2.45, 2.75) is 37.6 Å². The Hall–Kier alpha value is -2.18. The first-order valence-corrected chi connectivity index (χ1v) is 11.4. The third-order valence-electron chi connectivity index (χ3n) is 4.99. The fourth-order valence-electron chi connectivity index (χ4n) is 3.33. The van der Waals surface area contributed by atoms with Gasteiger partial charge in [0.2, 0.25) is 5.91 Å². The molecule has 1 aliphatic heterocycles. The van der Waals surface area contributed by atoms with E-state index in [9.17, 15) is 9.59 Å². The summed E-state index contributed by atoms with van der Waals surface area (Å²) in [6.45, 7) is 2.41. The van der Waals surface area contributed by atoms with E-state index in [0.29, 0.717) is 17.4 Å². The highest BCUT2D eigenvalue weighted by atomic mass is 35.5. The number of methoxy groups -OCH3 is 1. The van der Waals surface area contributed by atoms with Gasteiger partial charge in [-0.05, 0) is 30.2 Å². The van der Waals surface area contributed by atoms with Gasteiger partial charge in [-0.1, -0.05) is 55.3 Å². The van der Waals surface area contributed by atoms with Crippen LogP contribution in [-0.4, -0.2) is 42.3 Å². The van der Waals surface area contributed by atoms with Crippen molar-refractivity contribution in [3.05, 3.63) is 64.7 Å². The summed E-state index contributed by atoms with van der Waals surface area (Å²) in [5.74, 6) is 0.727. The molecule has 0 radical (unpaired) electrons. The lowest BCUT2D eigenvalue weighted by Crippen LogP contribution is -2.44. The first kappa shape index (κ1) is 22.5. The van der Waals surface area contributed by atoms with Crippen LogP contribution >= 0.6 is 23.4 Å². The highest BCUT2D eigenvalue weighted by molar-refractivity contribution is 7.99. The van der Waals surface area contributed by atoms with Crippen LogP contribution in [0.3, 0.4) is 0 Å². The number of amides is 1. The molecular formula is C23H26ClNO4S. The third kappa shape index (κ3) is 5.29. The van der Waals surface area contributed by atoms with E-state index in [0.717, 1.165) is 29.7 Å². The minimum atomic E-state index is -0.626. The average molecular weight is 448 g/mol. The maximum atomic E-state index is 13.3. The lowest BCUT2D eigenvalue weighted by Gasteiger charge is -2.29. The molecular weight excluding hydrogens is 422 g/mol. The fraction of sp³-hybridized carbons (Fsp3) is 0.391. The highest BCUT2D eigenvalue weighted by Crippen LogP contribution is 2.44. The molecule has 2 unspecified atom stereocenters. The smallest absolute Gasteiger partial charge is 0.329 e. The van der Waals surface area contributed by atoms with Crippen molar-refractivity contribution in [2.75, 3.05) is 19.5 Å². The monoisotopic (exact) mass is 447 g/mol. The Morgan fingerprint density at radius 1 is 1.17 bits per heavy atom. The Labute approximate surface area is 186 Å². The van der Waals surface area contributed by atoms with E-state index in [1.54, 1.807) is 18.1 Å². The van der Waals surface area contributed by atoms with Crippen molar-refractivity contribution >= 4 is 35.2 Å². The summed E-state index contributed by atoms with van der Waals surface area (Å²) in [5, 5.41) is 0.255. The molecule has 0 N–H and O–H groups in total. The molecule has 0 bridgehead atoms. The summed E-state index contributed by atoms with van der Waals surface area (Å²) in [6.07, 6.45) is 1.93. The number of rotatable bonds is 8. The predicted molar refractivity (Wildman–Crippen MR) is 120 cm³/mol. The molecule has 0 spiro atoms. The van der Waals surface area contributed by atoms with Gasteiger partial charge in [-0.25, -0.2) is 4.79 Å². The van der Waals surface area contributed by atoms with Gasteiger partial charge in [0.1, 0.15) is 17.2 Å². The molecule has 1 heterocycles. The third-order valence-corrected chi connectivity index (χ3v) is 6.64. The molecule has 1 amide bonds. The van der Waals surface area contributed by atoms with Gasteiger partial charge in [0, 0.05) is 16.3 Å². The largest absolute Gasteiger partial charge is 0.497 e. The Balaban J connectivity index is 1.83. The number of benzene rings is 2. The number of thioether (sulfide) groups is 1. The zero-order valence-electron chi connectivity index (χ0n) is 17.2. The lowest BCUT2D eigenvalue weighted by atomic mass is 10.1. The number of nitrogens with zero attached hydrogens (tertiary/aromatic N) is 1. The van der Waals surface area contributed by atoms with Crippen LogP contribution < -0.4 is 4.74 Å². The van der Waals surface area contributed by atoms with Gasteiger partial charge in [0.15, 0.2) is 0 Å². The lowest BCUT2D eigenvalue weighted by molar-refractivity contribution is -0.154. The summed E-state index contributed by atoms with van der Waals surface area (Å²) in [5.41, 5.74) is 1.69. The Morgan fingerprint density at radius 2 is 1.90 bits per heavy atom. The summed E-state index contributed by atoms with van der Waals surface area (Å²) in [4.78, 5) is 27.7. The molecule has 7 heteroatoms. The second kappa shape index (κ2) is 10.7. The van der Waals surface area contributed by atoms with Crippen LogP contribution in [0.1, 0.15) is 36.3 Å². The molecule has 1 aliphatic rings. The summed E-state index contributed by atoms with van der Waals surface area (Å²) in [6, 6.07) is 14.2. The van der Waals surface area contributed by atoms with Gasteiger partial charge in [-0.3, -0.25) is 4.79 Å². The molecule has 2 aromatic rings. The van der Waals surface area contributed by atoms with E-state index in [1.807, 2.05) is 49.4 Å². The molecule has 3 rings (SSSR count). The van der Waals surface area contributed by atoms with E-state index in [4.69, 9.17) is 21.1 Å². The molecule has 2 aromatic carbocycles. The Morgan fingerprint density at radius 3 is 2.57 bits per heavy atom. The van der Waals surface area contributed by atoms with Crippen LogP contribution in [0.25, 0.3) is 0 Å². The summed E-state index contributed by atoms with van der Waals surface area (Å²) >= 11 is 7.95. The molecule has 1 fully saturated rings. The van der Waals surface area contributed by atoms with Crippen LogP contribution in [0.5, 0.6) is 5.75 Å². The number of unbranched alkanes of at least 4 members (excludes halogenated alkanes) is 1. The molecule has 30 heavy (non-hydrogen) atoms. The number of halogens is 1. The Bertz CT molecular complexity index is 874. The molecule has 1 saturated heterocycles. The van der Waals surface area contributed by atoms with Crippen LogP contribution in [0.15, 0.2) is 48.5 Å². The van der Waals surface area contributed by atoms with E-state index < -0.39 is 6.04 Å². The maximum Gasteiger partial charge on any atom is 0.329 e. The molecule has 160 valence electrons. The van der Waals surface area contributed by atoms with Crippen molar-refractivity contribution in [1.82, 2.24) is 4.90 Å². The van der Waals surface area contributed by atoms with Crippen LogP contribution in [-0.2, 0) is 20.7 Å². The van der Waals surface area contributed by atoms with E-state index in [2.05, 4.69) is 0 Å². The summed E-state index contributed by atoms with van der Waals surface area (Å²) < 4.78 is 10.6. The Kier molecular flexibility index (Phi) is 8.05. The van der Waals surface area contributed by atoms with E-state index in [-0.39, 0.29) is 23.7 Å². The average Bonchev–Trinajstić information content (AvgIpc) is 3.20. The zero-order valence-corrected chi connectivity index (χ0v) is 18.7. The van der Waals surface area contributed by atoms with Crippen LogP contribution in [0, 0.1) is 0 Å². The first-order valence-electron chi connectivity index (χ1n) is 10.0. The normalized spacial score (nSPS) is 18.3. The zero-order chi connectivity index (χ0) is 21.5. The van der Waals surface area contributed by atoms with Gasteiger partial charge < -0.3 is 14.4 Å². The number of esters is 1. The van der Waals surface area contributed by atoms with Crippen molar-refractivity contribution in [2.24, 2.45) is 0 Å². The topological polar surface area (TPSA) is 55.8 Å². The SMILES string of the molecule is CCCCOC(=O)C1CSC(c2ccccc2Cl)N1C(=O)Cc1ccc(OC)cc1. The number of carbonyl (C=O) groups is 2. The van der Waals surface area contributed by atoms with Crippen LogP contribution in [0.4, 0.5) is 0 Å². The van der Waals surface area contributed by atoms with Gasteiger partial charge >= 0.3 is 5.97 Å². The maximum absolute atomic E-state index is 13.3. The van der Waals surface area contributed by atoms with Gasteiger partial charge in [0.25, 0.3) is 0 Å². The molecule has 0 aromatic heterocycles. The van der Waals surface area contributed by atoms with Gasteiger partial charge in [0.05, 0.1) is 20.1 Å². The number of carbonyl (C=O) groups excluding carboxylic acids is 2. The molecule has 0 aliphatic carbocycles. The number of hydrogen-bond acceptors (Lipinski definition) is 5. The summed E-state index contributed by atoms with van der Waals surface area (Å²) in [7, 11) is 1.60. The van der Waals surface area contributed by atoms with Gasteiger partial charge in [-0.15, -0.1) is 11.8 Å². The van der Waals surface area contributed by atoms with E-state index in [1.165, 1.54) is 11.8 Å². The molecule has 0 saturated carbocycles. The van der Waals surface area contributed by atoms with Crippen LogP contribution in [0.2, 0.25) is 5.02 Å². The minimum absolute atomic E-state index is 0.132. The second-order valence-electron chi connectivity index (χ2n) is 7.07.